The molecule has 104 valence electrons. The molecule has 1 amide bonds. The van der Waals surface area contributed by atoms with Crippen molar-refractivity contribution >= 4 is 18.3 Å². The number of benzene rings is 1. The minimum atomic E-state index is -0.459. The summed E-state index contributed by atoms with van der Waals surface area (Å²) in [6.45, 7) is 2.68. The maximum absolute atomic E-state index is 13.2. The van der Waals surface area contributed by atoms with Crippen LogP contribution in [0.5, 0.6) is 0 Å². The Morgan fingerprint density at radius 1 is 1.42 bits per heavy atom. The maximum Gasteiger partial charge on any atom is 0.230 e. The summed E-state index contributed by atoms with van der Waals surface area (Å²) in [7, 11) is 0. The molecule has 1 aliphatic carbocycles. The highest BCUT2D eigenvalue weighted by atomic mass is 35.5. The monoisotopic (exact) mass is 284 g/mol. The summed E-state index contributed by atoms with van der Waals surface area (Å²) >= 11 is 0. The van der Waals surface area contributed by atoms with Gasteiger partial charge in [0.15, 0.2) is 0 Å². The van der Waals surface area contributed by atoms with Crippen LogP contribution in [0.3, 0.4) is 0 Å². The molecule has 2 fully saturated rings. The lowest BCUT2D eigenvalue weighted by Crippen LogP contribution is -2.49. The third kappa shape index (κ3) is 2.74. The van der Waals surface area contributed by atoms with Crippen LogP contribution in [-0.4, -0.2) is 25.5 Å². The molecule has 5 heteroatoms. The van der Waals surface area contributed by atoms with Gasteiger partial charge in [-0.25, -0.2) is 4.39 Å². The molecule has 0 bridgehead atoms. The summed E-state index contributed by atoms with van der Waals surface area (Å²) in [5, 5.41) is 6.18. The normalized spacial score (nSPS) is 20.1. The standard InChI is InChI=1S/C14H17FN2O.ClH/c15-12-3-1-2-11(6-12)14(4-5-14)13(18)17-9-10-7-16-8-10;/h1-3,6,10,16H,4-5,7-9H2,(H,17,18);1H. The van der Waals surface area contributed by atoms with E-state index in [1.165, 1.54) is 12.1 Å². The molecule has 3 rings (SSSR count). The van der Waals surface area contributed by atoms with E-state index in [0.717, 1.165) is 38.0 Å². The van der Waals surface area contributed by atoms with Crippen LogP contribution in [0.25, 0.3) is 0 Å². The fourth-order valence-electron chi connectivity index (χ4n) is 2.46. The Balaban J connectivity index is 0.00000133. The van der Waals surface area contributed by atoms with E-state index in [1.807, 2.05) is 6.07 Å². The van der Waals surface area contributed by atoms with Crippen molar-refractivity contribution in [3.05, 3.63) is 35.6 Å². The molecule has 1 aromatic rings. The molecule has 1 heterocycles. The lowest BCUT2D eigenvalue weighted by Gasteiger charge is -2.28. The Morgan fingerprint density at radius 2 is 2.16 bits per heavy atom. The Morgan fingerprint density at radius 3 is 2.68 bits per heavy atom. The number of carbonyl (C=O) groups excluding carboxylic acids is 1. The zero-order valence-electron chi connectivity index (χ0n) is 10.6. The second kappa shape index (κ2) is 5.47. The van der Waals surface area contributed by atoms with E-state index < -0.39 is 5.41 Å². The van der Waals surface area contributed by atoms with Crippen molar-refractivity contribution in [3.63, 3.8) is 0 Å². The smallest absolute Gasteiger partial charge is 0.230 e. The average Bonchev–Trinajstić information content (AvgIpc) is 3.08. The number of nitrogens with one attached hydrogen (secondary N) is 2. The summed E-state index contributed by atoms with van der Waals surface area (Å²) in [5.74, 6) is 0.340. The Bertz CT molecular complexity index is 472. The third-order valence-electron chi connectivity index (χ3n) is 3.98. The fourth-order valence-corrected chi connectivity index (χ4v) is 2.46. The Labute approximate surface area is 118 Å². The minimum absolute atomic E-state index is 0. The van der Waals surface area contributed by atoms with Gasteiger partial charge in [-0.2, -0.15) is 0 Å². The summed E-state index contributed by atoms with van der Waals surface area (Å²) in [6.07, 6.45) is 1.65. The van der Waals surface area contributed by atoms with Crippen molar-refractivity contribution < 1.29 is 9.18 Å². The van der Waals surface area contributed by atoms with E-state index in [1.54, 1.807) is 6.07 Å². The SMILES string of the molecule is Cl.O=C(NCC1CNC1)C1(c2cccc(F)c2)CC1. The van der Waals surface area contributed by atoms with Crippen LogP contribution in [0.1, 0.15) is 18.4 Å². The number of rotatable bonds is 4. The van der Waals surface area contributed by atoms with Gasteiger partial charge in [0, 0.05) is 25.6 Å². The van der Waals surface area contributed by atoms with Crippen molar-refractivity contribution in [2.24, 2.45) is 5.92 Å². The number of hydrogen-bond acceptors (Lipinski definition) is 2. The van der Waals surface area contributed by atoms with Crippen molar-refractivity contribution in [2.45, 2.75) is 18.3 Å². The number of amides is 1. The van der Waals surface area contributed by atoms with Gasteiger partial charge in [-0.1, -0.05) is 12.1 Å². The molecule has 1 saturated carbocycles. The zero-order chi connectivity index (χ0) is 12.6. The van der Waals surface area contributed by atoms with Crippen molar-refractivity contribution in [2.75, 3.05) is 19.6 Å². The molecule has 0 atom stereocenters. The second-order valence-corrected chi connectivity index (χ2v) is 5.33. The maximum atomic E-state index is 13.2. The van der Waals surface area contributed by atoms with Gasteiger partial charge < -0.3 is 10.6 Å². The van der Waals surface area contributed by atoms with Gasteiger partial charge in [-0.05, 0) is 30.5 Å². The van der Waals surface area contributed by atoms with Crippen molar-refractivity contribution in [1.29, 1.82) is 0 Å². The molecule has 0 radical (unpaired) electrons. The zero-order valence-corrected chi connectivity index (χ0v) is 11.4. The topological polar surface area (TPSA) is 41.1 Å². The molecule has 0 spiro atoms. The number of halogens is 2. The highest BCUT2D eigenvalue weighted by Gasteiger charge is 2.51. The molecule has 0 aromatic heterocycles. The molecular weight excluding hydrogens is 267 g/mol. The van der Waals surface area contributed by atoms with E-state index in [4.69, 9.17) is 0 Å². The first kappa shape index (κ1) is 14.3. The Kier molecular flexibility index (Phi) is 4.11. The summed E-state index contributed by atoms with van der Waals surface area (Å²) in [4.78, 5) is 12.2. The largest absolute Gasteiger partial charge is 0.355 e. The van der Waals surface area contributed by atoms with E-state index in [9.17, 15) is 9.18 Å². The van der Waals surface area contributed by atoms with Gasteiger partial charge in [-0.15, -0.1) is 12.4 Å². The highest BCUT2D eigenvalue weighted by Crippen LogP contribution is 2.48. The second-order valence-electron chi connectivity index (χ2n) is 5.33. The predicted molar refractivity (Wildman–Crippen MR) is 73.9 cm³/mol. The number of hydrogen-bond donors (Lipinski definition) is 2. The molecule has 0 unspecified atom stereocenters. The molecule has 19 heavy (non-hydrogen) atoms. The van der Waals surface area contributed by atoms with Crippen LogP contribution in [0.2, 0.25) is 0 Å². The summed E-state index contributed by atoms with van der Waals surface area (Å²) in [5.41, 5.74) is 0.353. The average molecular weight is 285 g/mol. The van der Waals surface area contributed by atoms with Crippen LogP contribution in [0.4, 0.5) is 4.39 Å². The first-order chi connectivity index (χ1) is 8.71. The van der Waals surface area contributed by atoms with Gasteiger partial charge in [0.05, 0.1) is 5.41 Å². The van der Waals surface area contributed by atoms with Crippen LogP contribution >= 0.6 is 12.4 Å². The third-order valence-corrected chi connectivity index (χ3v) is 3.98. The molecule has 1 aromatic carbocycles. The summed E-state index contributed by atoms with van der Waals surface area (Å²) in [6, 6.07) is 6.42. The van der Waals surface area contributed by atoms with E-state index >= 15 is 0 Å². The van der Waals surface area contributed by atoms with Crippen LogP contribution in [0.15, 0.2) is 24.3 Å². The van der Waals surface area contributed by atoms with Crippen LogP contribution in [0, 0.1) is 11.7 Å². The Hall–Kier alpha value is -1.13. The highest BCUT2D eigenvalue weighted by molar-refractivity contribution is 5.91. The van der Waals surface area contributed by atoms with E-state index in [0.29, 0.717) is 5.92 Å². The van der Waals surface area contributed by atoms with Crippen molar-refractivity contribution in [3.8, 4) is 0 Å². The van der Waals surface area contributed by atoms with Crippen molar-refractivity contribution in [1.82, 2.24) is 10.6 Å². The van der Waals surface area contributed by atoms with Gasteiger partial charge in [0.1, 0.15) is 5.82 Å². The predicted octanol–water partition coefficient (Wildman–Crippen LogP) is 1.61. The number of carbonyl (C=O) groups is 1. The molecule has 3 nitrogen and oxygen atoms in total. The lowest BCUT2D eigenvalue weighted by atomic mass is 9.94. The minimum Gasteiger partial charge on any atom is -0.355 e. The molecule has 1 aliphatic heterocycles. The van der Waals surface area contributed by atoms with E-state index in [2.05, 4.69) is 10.6 Å². The van der Waals surface area contributed by atoms with Crippen LogP contribution in [-0.2, 0) is 10.2 Å². The molecule has 2 N–H and O–H groups in total. The first-order valence-electron chi connectivity index (χ1n) is 6.46. The van der Waals surface area contributed by atoms with Gasteiger partial charge in [0.25, 0.3) is 0 Å². The van der Waals surface area contributed by atoms with E-state index in [-0.39, 0.29) is 24.1 Å². The molecule has 1 saturated heterocycles. The van der Waals surface area contributed by atoms with Gasteiger partial charge in [0.2, 0.25) is 5.91 Å². The summed E-state index contributed by atoms with van der Waals surface area (Å²) < 4.78 is 13.2. The quantitative estimate of drug-likeness (QED) is 0.882. The lowest BCUT2D eigenvalue weighted by molar-refractivity contribution is -0.123. The van der Waals surface area contributed by atoms with Crippen LogP contribution < -0.4 is 10.6 Å². The molecular formula is C14H18ClFN2O. The molecule has 2 aliphatic rings. The fraction of sp³-hybridized carbons (Fsp3) is 0.500. The van der Waals surface area contributed by atoms with Gasteiger partial charge >= 0.3 is 0 Å². The van der Waals surface area contributed by atoms with Gasteiger partial charge in [-0.3, -0.25) is 4.79 Å². The first-order valence-corrected chi connectivity index (χ1v) is 6.46.